The van der Waals surface area contributed by atoms with E-state index in [4.69, 9.17) is 0 Å². The highest BCUT2D eigenvalue weighted by molar-refractivity contribution is 5.25. The van der Waals surface area contributed by atoms with Crippen molar-refractivity contribution in [2.75, 3.05) is 11.9 Å². The maximum atomic E-state index is 4.21. The number of nitrogens with one attached hydrogen (secondary N) is 1. The molecule has 0 radical (unpaired) electrons. The van der Waals surface area contributed by atoms with Crippen LogP contribution in [0.1, 0.15) is 12.0 Å². The lowest BCUT2D eigenvalue weighted by Gasteiger charge is -2.05. The second-order valence-electron chi connectivity index (χ2n) is 3.88. The van der Waals surface area contributed by atoms with E-state index in [2.05, 4.69) is 40.6 Å². The molecule has 0 atom stereocenters. The molecular formula is C13H17N3. The molecule has 2 rings (SSSR count). The van der Waals surface area contributed by atoms with Crippen molar-refractivity contribution in [1.29, 1.82) is 0 Å². The van der Waals surface area contributed by atoms with Crippen molar-refractivity contribution in [2.45, 2.75) is 12.8 Å². The lowest BCUT2D eigenvalue weighted by Crippen LogP contribution is -2.07. The van der Waals surface area contributed by atoms with E-state index >= 15 is 0 Å². The van der Waals surface area contributed by atoms with Crippen LogP contribution < -0.4 is 5.32 Å². The normalized spacial score (nSPS) is 10.3. The second-order valence-corrected chi connectivity index (χ2v) is 3.88. The van der Waals surface area contributed by atoms with Crippen LogP contribution in [0.2, 0.25) is 0 Å². The Morgan fingerprint density at radius 1 is 1.25 bits per heavy atom. The number of rotatable bonds is 5. The highest BCUT2D eigenvalue weighted by Crippen LogP contribution is 2.04. The summed E-state index contributed by atoms with van der Waals surface area (Å²) < 4.78 is 1.99. The molecule has 0 spiro atoms. The van der Waals surface area contributed by atoms with Crippen molar-refractivity contribution in [3.05, 3.63) is 48.3 Å². The molecule has 0 aliphatic heterocycles. The van der Waals surface area contributed by atoms with Crippen molar-refractivity contribution >= 4 is 5.95 Å². The smallest absolute Gasteiger partial charge is 0.202 e. The summed E-state index contributed by atoms with van der Waals surface area (Å²) >= 11 is 0. The molecule has 0 aliphatic carbocycles. The predicted molar refractivity (Wildman–Crippen MR) is 66.5 cm³/mol. The summed E-state index contributed by atoms with van der Waals surface area (Å²) in [4.78, 5) is 4.21. The van der Waals surface area contributed by atoms with Gasteiger partial charge in [-0.15, -0.1) is 0 Å². The highest BCUT2D eigenvalue weighted by atomic mass is 15.2. The van der Waals surface area contributed by atoms with E-state index < -0.39 is 0 Å². The van der Waals surface area contributed by atoms with Gasteiger partial charge in [-0.2, -0.15) is 0 Å². The van der Waals surface area contributed by atoms with Crippen molar-refractivity contribution < 1.29 is 0 Å². The van der Waals surface area contributed by atoms with Gasteiger partial charge in [-0.05, 0) is 18.4 Å². The summed E-state index contributed by atoms with van der Waals surface area (Å²) in [7, 11) is 1.99. The molecule has 0 amide bonds. The summed E-state index contributed by atoms with van der Waals surface area (Å²) in [6, 6.07) is 10.6. The molecule has 2 aromatic rings. The Bertz CT molecular complexity index is 420. The van der Waals surface area contributed by atoms with Crippen LogP contribution in [0.4, 0.5) is 5.95 Å². The standard InChI is InChI=1S/C13H17N3/c1-16-11-10-15-13(16)14-9-5-8-12-6-3-2-4-7-12/h2-4,6-7,10-11H,5,8-9H2,1H3,(H,14,15). The minimum Gasteiger partial charge on any atom is -0.356 e. The average Bonchev–Trinajstić information content (AvgIpc) is 2.72. The summed E-state index contributed by atoms with van der Waals surface area (Å²) in [5.41, 5.74) is 1.39. The van der Waals surface area contributed by atoms with Crippen molar-refractivity contribution in [1.82, 2.24) is 9.55 Å². The number of aryl methyl sites for hydroxylation is 2. The van der Waals surface area contributed by atoms with E-state index in [0.717, 1.165) is 25.3 Å². The van der Waals surface area contributed by atoms with Crippen LogP contribution in [0.5, 0.6) is 0 Å². The summed E-state index contributed by atoms with van der Waals surface area (Å²) in [5, 5.41) is 3.32. The Morgan fingerprint density at radius 2 is 2.06 bits per heavy atom. The van der Waals surface area contributed by atoms with E-state index in [0.29, 0.717) is 0 Å². The fourth-order valence-electron chi connectivity index (χ4n) is 1.67. The molecule has 1 aromatic carbocycles. The number of nitrogens with zero attached hydrogens (tertiary/aromatic N) is 2. The molecular weight excluding hydrogens is 198 g/mol. The van der Waals surface area contributed by atoms with Gasteiger partial charge >= 0.3 is 0 Å². The number of imidazole rings is 1. The van der Waals surface area contributed by atoms with E-state index in [1.807, 2.05) is 17.8 Å². The van der Waals surface area contributed by atoms with Gasteiger partial charge in [-0.1, -0.05) is 30.3 Å². The van der Waals surface area contributed by atoms with Crippen LogP contribution >= 0.6 is 0 Å². The molecule has 1 heterocycles. The Hall–Kier alpha value is -1.77. The second kappa shape index (κ2) is 5.35. The monoisotopic (exact) mass is 215 g/mol. The summed E-state index contributed by atoms with van der Waals surface area (Å²) in [6.07, 6.45) is 5.98. The van der Waals surface area contributed by atoms with Crippen molar-refractivity contribution in [3.8, 4) is 0 Å². The van der Waals surface area contributed by atoms with Crippen LogP contribution in [0.25, 0.3) is 0 Å². The molecule has 0 bridgehead atoms. The third-order valence-corrected chi connectivity index (χ3v) is 2.59. The molecule has 16 heavy (non-hydrogen) atoms. The fourth-order valence-corrected chi connectivity index (χ4v) is 1.67. The summed E-state index contributed by atoms with van der Waals surface area (Å²) in [6.45, 7) is 0.958. The van der Waals surface area contributed by atoms with Gasteiger partial charge in [0.15, 0.2) is 0 Å². The van der Waals surface area contributed by atoms with E-state index in [-0.39, 0.29) is 0 Å². The van der Waals surface area contributed by atoms with Crippen molar-refractivity contribution in [2.24, 2.45) is 7.05 Å². The van der Waals surface area contributed by atoms with Gasteiger partial charge in [0.05, 0.1) is 0 Å². The minimum atomic E-state index is 0.938. The SMILES string of the molecule is Cn1ccnc1NCCCc1ccccc1. The molecule has 0 aliphatic rings. The largest absolute Gasteiger partial charge is 0.356 e. The van der Waals surface area contributed by atoms with Crippen LogP contribution in [0.3, 0.4) is 0 Å². The zero-order chi connectivity index (χ0) is 11.2. The third-order valence-electron chi connectivity index (χ3n) is 2.59. The zero-order valence-electron chi connectivity index (χ0n) is 9.56. The first-order valence-electron chi connectivity index (χ1n) is 5.61. The third kappa shape index (κ3) is 2.86. The molecule has 3 nitrogen and oxygen atoms in total. The Labute approximate surface area is 96.1 Å². The molecule has 0 saturated carbocycles. The Balaban J connectivity index is 1.72. The first-order chi connectivity index (χ1) is 7.86. The quantitative estimate of drug-likeness (QED) is 0.776. The summed E-state index contributed by atoms with van der Waals surface area (Å²) in [5.74, 6) is 0.938. The molecule has 0 fully saturated rings. The molecule has 3 heteroatoms. The van der Waals surface area contributed by atoms with Gasteiger partial charge in [-0.25, -0.2) is 4.98 Å². The number of anilines is 1. The van der Waals surface area contributed by atoms with Crippen LogP contribution in [0, 0.1) is 0 Å². The molecule has 0 unspecified atom stereocenters. The van der Waals surface area contributed by atoms with Crippen LogP contribution in [-0.2, 0) is 13.5 Å². The Kier molecular flexibility index (Phi) is 3.59. The first-order valence-corrected chi connectivity index (χ1v) is 5.61. The number of benzene rings is 1. The zero-order valence-corrected chi connectivity index (χ0v) is 9.56. The molecule has 1 N–H and O–H groups in total. The van der Waals surface area contributed by atoms with Crippen LogP contribution in [0.15, 0.2) is 42.7 Å². The van der Waals surface area contributed by atoms with Gasteiger partial charge in [0.25, 0.3) is 0 Å². The molecule has 84 valence electrons. The Morgan fingerprint density at radius 3 is 2.75 bits per heavy atom. The number of aromatic nitrogens is 2. The topological polar surface area (TPSA) is 29.9 Å². The van der Waals surface area contributed by atoms with E-state index in [9.17, 15) is 0 Å². The van der Waals surface area contributed by atoms with E-state index in [1.54, 1.807) is 6.20 Å². The maximum absolute atomic E-state index is 4.21. The van der Waals surface area contributed by atoms with Crippen molar-refractivity contribution in [3.63, 3.8) is 0 Å². The van der Waals surface area contributed by atoms with Crippen LogP contribution in [-0.4, -0.2) is 16.1 Å². The van der Waals surface area contributed by atoms with Gasteiger partial charge in [0, 0.05) is 26.0 Å². The van der Waals surface area contributed by atoms with Gasteiger partial charge in [-0.3, -0.25) is 0 Å². The maximum Gasteiger partial charge on any atom is 0.202 e. The fraction of sp³-hybridized carbons (Fsp3) is 0.308. The average molecular weight is 215 g/mol. The molecule has 1 aromatic heterocycles. The van der Waals surface area contributed by atoms with E-state index in [1.165, 1.54) is 5.56 Å². The highest BCUT2D eigenvalue weighted by Gasteiger charge is 1.97. The number of hydrogen-bond donors (Lipinski definition) is 1. The minimum absolute atomic E-state index is 0.938. The first kappa shape index (κ1) is 10.7. The van der Waals surface area contributed by atoms with Gasteiger partial charge in [0.2, 0.25) is 5.95 Å². The predicted octanol–water partition coefficient (Wildman–Crippen LogP) is 2.46. The van der Waals surface area contributed by atoms with Gasteiger partial charge < -0.3 is 9.88 Å². The molecule has 0 saturated heterocycles. The van der Waals surface area contributed by atoms with Gasteiger partial charge in [0.1, 0.15) is 0 Å². The lowest BCUT2D eigenvalue weighted by molar-refractivity contribution is 0.832. The lowest BCUT2D eigenvalue weighted by atomic mass is 10.1. The number of hydrogen-bond acceptors (Lipinski definition) is 2.